The molecule has 0 spiro atoms. The molecule has 0 aliphatic rings. The molecule has 4 heteroatoms. The third-order valence-corrected chi connectivity index (χ3v) is 16.4. The molecule has 0 radical (unpaired) electrons. The molecular formula is C68H44N2S2. The molecule has 2 aromatic heterocycles. The van der Waals surface area contributed by atoms with Crippen LogP contribution in [0.2, 0.25) is 0 Å². The van der Waals surface area contributed by atoms with Crippen LogP contribution >= 0.6 is 22.7 Å². The van der Waals surface area contributed by atoms with E-state index in [9.17, 15) is 0 Å². The minimum Gasteiger partial charge on any atom is -0.310 e. The van der Waals surface area contributed by atoms with Crippen LogP contribution in [0.4, 0.5) is 34.1 Å². The van der Waals surface area contributed by atoms with Gasteiger partial charge in [0.15, 0.2) is 0 Å². The van der Waals surface area contributed by atoms with Crippen LogP contribution in [0.3, 0.4) is 0 Å². The van der Waals surface area contributed by atoms with Crippen molar-refractivity contribution in [1.82, 2.24) is 0 Å². The predicted octanol–water partition coefficient (Wildman–Crippen LogP) is 20.7. The van der Waals surface area contributed by atoms with Gasteiger partial charge in [-0.05, 0) is 146 Å². The average molecular weight is 953 g/mol. The number of thiophene rings is 2. The number of hydrogen-bond donors (Lipinski definition) is 0. The highest BCUT2D eigenvalue weighted by molar-refractivity contribution is 7.26. The molecule has 338 valence electrons. The summed E-state index contributed by atoms with van der Waals surface area (Å²) in [6.45, 7) is 0. The van der Waals surface area contributed by atoms with Gasteiger partial charge in [-0.2, -0.15) is 0 Å². The van der Waals surface area contributed by atoms with Gasteiger partial charge in [0.1, 0.15) is 0 Å². The number of benzene rings is 12. The molecule has 2 nitrogen and oxygen atoms in total. The van der Waals surface area contributed by atoms with Gasteiger partial charge in [-0.3, -0.25) is 0 Å². The smallest absolute Gasteiger partial charge is 0.0555 e. The van der Waals surface area contributed by atoms with Crippen LogP contribution in [0.1, 0.15) is 0 Å². The Balaban J connectivity index is 0.936. The van der Waals surface area contributed by atoms with Crippen molar-refractivity contribution < 1.29 is 0 Å². The highest BCUT2D eigenvalue weighted by Crippen LogP contribution is 2.49. The fraction of sp³-hybridized carbons (Fsp3) is 0. The van der Waals surface area contributed by atoms with E-state index in [-0.39, 0.29) is 0 Å². The topological polar surface area (TPSA) is 6.48 Å². The molecule has 2 heterocycles. The van der Waals surface area contributed by atoms with Crippen LogP contribution in [0.25, 0.3) is 95.3 Å². The Bertz CT molecular complexity index is 4360. The van der Waals surface area contributed by atoms with Crippen molar-refractivity contribution in [3.05, 3.63) is 267 Å². The van der Waals surface area contributed by atoms with Crippen molar-refractivity contribution in [2.24, 2.45) is 0 Å². The van der Waals surface area contributed by atoms with Crippen LogP contribution in [0.15, 0.2) is 267 Å². The summed E-state index contributed by atoms with van der Waals surface area (Å²) in [5.74, 6) is 0. The zero-order valence-corrected chi connectivity index (χ0v) is 40.7. The average Bonchev–Trinajstić information content (AvgIpc) is 4.04. The molecule has 72 heavy (non-hydrogen) atoms. The lowest BCUT2D eigenvalue weighted by Crippen LogP contribution is -2.11. The highest BCUT2D eigenvalue weighted by Gasteiger charge is 2.23. The van der Waals surface area contributed by atoms with E-state index in [2.05, 4.69) is 277 Å². The van der Waals surface area contributed by atoms with Crippen molar-refractivity contribution in [3.63, 3.8) is 0 Å². The third-order valence-electron chi connectivity index (χ3n) is 14.2. The Labute approximate surface area is 426 Å². The Morgan fingerprint density at radius 3 is 1.38 bits per heavy atom. The van der Waals surface area contributed by atoms with E-state index < -0.39 is 0 Å². The van der Waals surface area contributed by atoms with Gasteiger partial charge in [0.05, 0.1) is 11.4 Å². The maximum absolute atomic E-state index is 2.47. The molecule has 0 bridgehead atoms. The quantitative estimate of drug-likeness (QED) is 0.142. The lowest BCUT2D eigenvalue weighted by Gasteiger charge is -2.28. The number of fused-ring (bicyclic) bond motifs is 9. The third kappa shape index (κ3) is 7.31. The lowest BCUT2D eigenvalue weighted by molar-refractivity contribution is 1.29. The van der Waals surface area contributed by atoms with E-state index in [1.807, 2.05) is 22.7 Å². The molecule has 0 saturated heterocycles. The summed E-state index contributed by atoms with van der Waals surface area (Å²) < 4.78 is 5.12. The van der Waals surface area contributed by atoms with E-state index >= 15 is 0 Å². The van der Waals surface area contributed by atoms with Gasteiger partial charge >= 0.3 is 0 Å². The standard InChI is InChI=1S/C68H44N2S2/c1-2-15-45(16-3-1)50-20-10-24-56(42-50)70(60-28-13-31-63-66(60)59-27-8-9-30-62(59)71-63)57-25-12-22-52(44-57)51-21-11-23-55(43-51)69(54-38-35-47(36-39-54)53-34-33-46-17-4-5-19-49(46)41-53)61-29-14-32-64-68(61)67-58-26-7-6-18-48(58)37-40-65(67)72-64/h1-44H. The lowest BCUT2D eigenvalue weighted by atomic mass is 9.99. The van der Waals surface area contributed by atoms with Crippen molar-refractivity contribution in [2.45, 2.75) is 0 Å². The minimum atomic E-state index is 1.09. The number of hydrogen-bond acceptors (Lipinski definition) is 4. The first-order valence-corrected chi connectivity index (χ1v) is 26.1. The predicted molar refractivity (Wildman–Crippen MR) is 313 cm³/mol. The van der Waals surface area contributed by atoms with Gasteiger partial charge < -0.3 is 9.80 Å². The molecule has 0 amide bonds. The fourth-order valence-electron chi connectivity index (χ4n) is 10.8. The van der Waals surface area contributed by atoms with E-state index in [1.54, 1.807) is 0 Å². The molecular weight excluding hydrogens is 909 g/mol. The normalized spacial score (nSPS) is 11.6. The molecule has 0 saturated carbocycles. The zero-order chi connectivity index (χ0) is 47.5. The van der Waals surface area contributed by atoms with E-state index in [4.69, 9.17) is 0 Å². The maximum Gasteiger partial charge on any atom is 0.0555 e. The minimum absolute atomic E-state index is 1.09. The second kappa shape index (κ2) is 17.6. The van der Waals surface area contributed by atoms with Crippen molar-refractivity contribution in [2.75, 3.05) is 9.80 Å². The van der Waals surface area contributed by atoms with Crippen molar-refractivity contribution in [1.29, 1.82) is 0 Å². The summed E-state index contributed by atoms with van der Waals surface area (Å²) in [4.78, 5) is 4.93. The van der Waals surface area contributed by atoms with Gasteiger partial charge in [0, 0.05) is 63.1 Å². The second-order valence-corrected chi connectivity index (χ2v) is 20.6. The van der Waals surface area contributed by atoms with E-state index in [1.165, 1.54) is 84.1 Å². The van der Waals surface area contributed by atoms with Crippen LogP contribution in [-0.4, -0.2) is 0 Å². The van der Waals surface area contributed by atoms with Gasteiger partial charge in [0.2, 0.25) is 0 Å². The van der Waals surface area contributed by atoms with Gasteiger partial charge in [0.25, 0.3) is 0 Å². The zero-order valence-electron chi connectivity index (χ0n) is 39.1. The fourth-order valence-corrected chi connectivity index (χ4v) is 13.1. The van der Waals surface area contributed by atoms with Crippen LogP contribution < -0.4 is 9.80 Å². The molecule has 0 aliphatic heterocycles. The molecule has 0 unspecified atom stereocenters. The second-order valence-electron chi connectivity index (χ2n) is 18.5. The van der Waals surface area contributed by atoms with Gasteiger partial charge in [-0.1, -0.05) is 176 Å². The summed E-state index contributed by atoms with van der Waals surface area (Å²) in [6, 6.07) is 98.1. The SMILES string of the molecule is c1ccc(-c2cccc(N(c3cccc(-c4cccc(N(c5ccc(-c6ccc7ccccc7c6)cc5)c5cccc6sc7ccc8ccccc8c7c56)c4)c3)c3cccc4sc5ccccc5c34)c2)cc1. The largest absolute Gasteiger partial charge is 0.310 e. The molecule has 0 N–H and O–H groups in total. The molecule has 14 rings (SSSR count). The Morgan fingerprint density at radius 1 is 0.222 bits per heavy atom. The number of anilines is 6. The Morgan fingerprint density at radius 2 is 0.667 bits per heavy atom. The van der Waals surface area contributed by atoms with E-state index in [0.29, 0.717) is 0 Å². The summed E-state index contributed by atoms with van der Waals surface area (Å²) in [6.07, 6.45) is 0. The monoisotopic (exact) mass is 952 g/mol. The van der Waals surface area contributed by atoms with Crippen LogP contribution in [-0.2, 0) is 0 Å². The van der Waals surface area contributed by atoms with Crippen LogP contribution in [0, 0.1) is 0 Å². The van der Waals surface area contributed by atoms with E-state index in [0.717, 1.165) is 45.3 Å². The highest BCUT2D eigenvalue weighted by atomic mass is 32.1. The number of nitrogens with zero attached hydrogens (tertiary/aromatic N) is 2. The van der Waals surface area contributed by atoms with Crippen molar-refractivity contribution in [3.8, 4) is 33.4 Å². The molecule has 0 atom stereocenters. The summed E-state index contributed by atoms with van der Waals surface area (Å²) in [5, 5.41) is 10.1. The number of rotatable bonds is 9. The molecule has 14 aromatic rings. The summed E-state index contributed by atoms with van der Waals surface area (Å²) >= 11 is 3.73. The van der Waals surface area contributed by atoms with Crippen LogP contribution in [0.5, 0.6) is 0 Å². The molecule has 0 aliphatic carbocycles. The maximum atomic E-state index is 2.47. The molecule has 12 aromatic carbocycles. The molecule has 0 fully saturated rings. The summed E-state index contributed by atoms with van der Waals surface area (Å²) in [5.41, 5.74) is 13.7. The first-order valence-electron chi connectivity index (χ1n) is 24.5. The van der Waals surface area contributed by atoms with Gasteiger partial charge in [-0.25, -0.2) is 0 Å². The first-order chi connectivity index (χ1) is 35.7. The Kier molecular flexibility index (Phi) is 10.3. The Hall–Kier alpha value is -8.80. The first kappa shape index (κ1) is 42.1. The summed E-state index contributed by atoms with van der Waals surface area (Å²) in [7, 11) is 0. The van der Waals surface area contributed by atoms with Gasteiger partial charge in [-0.15, -0.1) is 22.7 Å². The van der Waals surface area contributed by atoms with Crippen molar-refractivity contribution >= 4 is 119 Å².